The van der Waals surface area contributed by atoms with E-state index in [2.05, 4.69) is 5.32 Å². The van der Waals surface area contributed by atoms with E-state index in [0.29, 0.717) is 17.9 Å². The summed E-state index contributed by atoms with van der Waals surface area (Å²) < 4.78 is 16.6. The van der Waals surface area contributed by atoms with E-state index in [1.54, 1.807) is 24.3 Å². The van der Waals surface area contributed by atoms with Gasteiger partial charge in [-0.3, -0.25) is 9.59 Å². The summed E-state index contributed by atoms with van der Waals surface area (Å²) in [7, 11) is 0. The summed E-state index contributed by atoms with van der Waals surface area (Å²) in [6, 6.07) is 6.40. The predicted molar refractivity (Wildman–Crippen MR) is 99.1 cm³/mol. The first-order chi connectivity index (χ1) is 13.6. The van der Waals surface area contributed by atoms with Crippen LogP contribution in [0.2, 0.25) is 0 Å². The van der Waals surface area contributed by atoms with E-state index in [-0.39, 0.29) is 43.3 Å². The van der Waals surface area contributed by atoms with Crippen molar-refractivity contribution in [3.05, 3.63) is 29.8 Å². The van der Waals surface area contributed by atoms with Crippen LogP contribution in [0.3, 0.4) is 0 Å². The fraction of sp³-hybridized carbons (Fsp3) is 0.600. The number of benzene rings is 1. The molecule has 4 atom stereocenters. The van der Waals surface area contributed by atoms with Gasteiger partial charge in [0, 0.05) is 18.7 Å². The van der Waals surface area contributed by atoms with Gasteiger partial charge < -0.3 is 29.5 Å². The van der Waals surface area contributed by atoms with Crippen LogP contribution < -0.4 is 10.1 Å². The van der Waals surface area contributed by atoms with Gasteiger partial charge in [0.1, 0.15) is 24.1 Å². The molecule has 2 N–H and O–H groups in total. The first-order valence-electron chi connectivity index (χ1n) is 9.84. The lowest BCUT2D eigenvalue weighted by atomic mass is 10.1. The molecule has 3 aliphatic heterocycles. The van der Waals surface area contributed by atoms with Gasteiger partial charge in [-0.15, -0.1) is 0 Å². The Morgan fingerprint density at radius 1 is 1.07 bits per heavy atom. The number of likely N-dealkylation sites (tertiary alicyclic amines) is 1. The lowest BCUT2D eigenvalue weighted by Gasteiger charge is -2.26. The van der Waals surface area contributed by atoms with Crippen LogP contribution in [0, 0.1) is 0 Å². The van der Waals surface area contributed by atoms with E-state index in [9.17, 15) is 14.7 Å². The van der Waals surface area contributed by atoms with Crippen molar-refractivity contribution in [3.8, 4) is 5.75 Å². The molecule has 1 aromatic rings. The molecule has 0 unspecified atom stereocenters. The molecule has 152 valence electrons. The standard InChI is InChI=1S/C20H26N2O6/c23-16-11-28-18-15(10-27-19(16)18)21-20(25)13-4-6-14(7-5-13)26-12-17(24)22-8-2-1-3-9-22/h4-7,15-16,18-19,23H,1-3,8-12H2,(H,21,25)/t15-,16+,18+,19+/m0/s1. The first-order valence-corrected chi connectivity index (χ1v) is 9.84. The number of fused-ring (bicyclic) bond motifs is 1. The number of hydrogen-bond acceptors (Lipinski definition) is 6. The van der Waals surface area contributed by atoms with E-state index in [4.69, 9.17) is 14.2 Å². The topological polar surface area (TPSA) is 97.3 Å². The summed E-state index contributed by atoms with van der Waals surface area (Å²) >= 11 is 0. The minimum Gasteiger partial charge on any atom is -0.484 e. The molecule has 0 bridgehead atoms. The molecule has 28 heavy (non-hydrogen) atoms. The van der Waals surface area contributed by atoms with Crippen molar-refractivity contribution in [2.24, 2.45) is 0 Å². The minimum atomic E-state index is -0.643. The number of amides is 2. The molecular weight excluding hydrogens is 364 g/mol. The molecule has 8 heteroatoms. The number of carbonyl (C=O) groups is 2. The SMILES string of the molecule is O=C(N[C@H]1CO[C@H]2[C@@H]1OC[C@H]2O)c1ccc(OCC(=O)N2CCCCC2)cc1. The summed E-state index contributed by atoms with van der Waals surface area (Å²) in [6.45, 7) is 2.15. The number of ether oxygens (including phenoxy) is 3. The smallest absolute Gasteiger partial charge is 0.260 e. The first kappa shape index (κ1) is 19.2. The van der Waals surface area contributed by atoms with Gasteiger partial charge in [0.15, 0.2) is 6.61 Å². The van der Waals surface area contributed by atoms with Crippen molar-refractivity contribution in [1.82, 2.24) is 10.2 Å². The van der Waals surface area contributed by atoms with Crippen LogP contribution >= 0.6 is 0 Å². The van der Waals surface area contributed by atoms with Crippen molar-refractivity contribution in [3.63, 3.8) is 0 Å². The number of aliphatic hydroxyl groups excluding tert-OH is 1. The molecule has 0 saturated carbocycles. The molecule has 1 aromatic carbocycles. The van der Waals surface area contributed by atoms with Crippen molar-refractivity contribution >= 4 is 11.8 Å². The van der Waals surface area contributed by atoms with Crippen LogP contribution in [-0.4, -0.2) is 79.1 Å². The lowest BCUT2D eigenvalue weighted by molar-refractivity contribution is -0.134. The van der Waals surface area contributed by atoms with Crippen molar-refractivity contribution in [2.45, 2.75) is 43.6 Å². The number of aliphatic hydroxyl groups is 1. The summed E-state index contributed by atoms with van der Waals surface area (Å²) in [4.78, 5) is 26.5. The fourth-order valence-electron chi connectivity index (χ4n) is 3.94. The molecule has 0 aliphatic carbocycles. The monoisotopic (exact) mass is 390 g/mol. The van der Waals surface area contributed by atoms with Crippen molar-refractivity contribution in [2.75, 3.05) is 32.9 Å². The minimum absolute atomic E-state index is 0.00365. The third kappa shape index (κ3) is 4.14. The third-order valence-electron chi connectivity index (χ3n) is 5.53. The highest BCUT2D eigenvalue weighted by molar-refractivity contribution is 5.94. The Labute approximate surface area is 163 Å². The zero-order valence-electron chi connectivity index (χ0n) is 15.7. The van der Waals surface area contributed by atoms with Gasteiger partial charge in [-0.05, 0) is 43.5 Å². The summed E-state index contributed by atoms with van der Waals surface area (Å²) in [5.41, 5.74) is 0.483. The van der Waals surface area contributed by atoms with Crippen LogP contribution in [-0.2, 0) is 14.3 Å². The van der Waals surface area contributed by atoms with Crippen molar-refractivity contribution in [1.29, 1.82) is 0 Å². The maximum absolute atomic E-state index is 12.5. The Kier molecular flexibility index (Phi) is 5.79. The molecule has 3 heterocycles. The normalized spacial score (nSPS) is 29.4. The molecule has 3 aliphatic rings. The largest absolute Gasteiger partial charge is 0.484 e. The second kappa shape index (κ2) is 8.46. The Morgan fingerprint density at radius 3 is 2.54 bits per heavy atom. The molecule has 0 aromatic heterocycles. The van der Waals surface area contributed by atoms with Gasteiger partial charge in [-0.25, -0.2) is 0 Å². The highest BCUT2D eigenvalue weighted by atomic mass is 16.6. The maximum Gasteiger partial charge on any atom is 0.260 e. The summed E-state index contributed by atoms with van der Waals surface area (Å²) in [6.07, 6.45) is 1.94. The number of nitrogens with zero attached hydrogens (tertiary/aromatic N) is 1. The van der Waals surface area contributed by atoms with Crippen LogP contribution in [0.5, 0.6) is 5.75 Å². The second-order valence-electron chi connectivity index (χ2n) is 7.50. The number of hydrogen-bond donors (Lipinski definition) is 2. The Bertz CT molecular complexity index is 703. The Morgan fingerprint density at radius 2 is 1.79 bits per heavy atom. The average Bonchev–Trinajstić information content (AvgIpc) is 3.30. The van der Waals surface area contributed by atoms with Gasteiger partial charge >= 0.3 is 0 Å². The molecular formula is C20H26N2O6. The Balaban J connectivity index is 1.27. The molecule has 3 fully saturated rings. The maximum atomic E-state index is 12.5. The number of piperidine rings is 1. The van der Waals surface area contributed by atoms with E-state index in [0.717, 1.165) is 25.9 Å². The average molecular weight is 390 g/mol. The predicted octanol–water partition coefficient (Wildman–Crippen LogP) is 0.335. The summed E-state index contributed by atoms with van der Waals surface area (Å²) in [5.74, 6) is 0.305. The van der Waals surface area contributed by atoms with Gasteiger partial charge in [0.05, 0.1) is 19.3 Å². The number of carbonyl (C=O) groups excluding carboxylic acids is 2. The number of nitrogens with one attached hydrogen (secondary N) is 1. The molecule has 0 radical (unpaired) electrons. The van der Waals surface area contributed by atoms with Crippen LogP contribution in [0.15, 0.2) is 24.3 Å². The zero-order valence-corrected chi connectivity index (χ0v) is 15.7. The zero-order chi connectivity index (χ0) is 19.5. The Hall–Kier alpha value is -2.16. The van der Waals surface area contributed by atoms with Gasteiger partial charge in [-0.2, -0.15) is 0 Å². The molecule has 4 rings (SSSR count). The van der Waals surface area contributed by atoms with E-state index in [1.807, 2.05) is 4.90 Å². The molecule has 3 saturated heterocycles. The van der Waals surface area contributed by atoms with E-state index in [1.165, 1.54) is 6.42 Å². The van der Waals surface area contributed by atoms with Crippen LogP contribution in [0.1, 0.15) is 29.6 Å². The molecule has 0 spiro atoms. The highest BCUT2D eigenvalue weighted by Gasteiger charge is 2.47. The quantitative estimate of drug-likeness (QED) is 0.752. The summed E-state index contributed by atoms with van der Waals surface area (Å²) in [5, 5.41) is 12.7. The van der Waals surface area contributed by atoms with Gasteiger partial charge in [0.2, 0.25) is 0 Å². The fourth-order valence-corrected chi connectivity index (χ4v) is 3.94. The van der Waals surface area contributed by atoms with E-state index < -0.39 is 6.10 Å². The molecule has 2 amide bonds. The second-order valence-corrected chi connectivity index (χ2v) is 7.50. The number of rotatable bonds is 5. The van der Waals surface area contributed by atoms with E-state index >= 15 is 0 Å². The molecule has 8 nitrogen and oxygen atoms in total. The van der Waals surface area contributed by atoms with Gasteiger partial charge in [0.25, 0.3) is 11.8 Å². The van der Waals surface area contributed by atoms with Crippen LogP contribution in [0.25, 0.3) is 0 Å². The van der Waals surface area contributed by atoms with Crippen LogP contribution in [0.4, 0.5) is 0 Å². The van der Waals surface area contributed by atoms with Crippen molar-refractivity contribution < 1.29 is 28.9 Å². The van der Waals surface area contributed by atoms with Gasteiger partial charge in [-0.1, -0.05) is 0 Å². The lowest BCUT2D eigenvalue weighted by Crippen LogP contribution is -2.44. The highest BCUT2D eigenvalue weighted by Crippen LogP contribution is 2.27. The third-order valence-corrected chi connectivity index (χ3v) is 5.53.